The Morgan fingerprint density at radius 3 is 2.19 bits per heavy atom. The van der Waals surface area contributed by atoms with Crippen LogP contribution in [0.2, 0.25) is 0 Å². The van der Waals surface area contributed by atoms with E-state index in [-0.39, 0.29) is 5.16 Å². The highest BCUT2D eigenvalue weighted by Gasteiger charge is 2.45. The standard InChI is InChI=1S/C21H34N5O3PS/c1-21(2,3)30(25-8-12-28-13-9-25,26-10-14-29-15-11-26)24-20(31)23-22-17-18-6-5-7-19(16-18)27-4/h5-7,16-17H,8-15H2,1-4H3,(H,23,31). The van der Waals surface area contributed by atoms with Gasteiger partial charge in [-0.2, -0.15) is 5.10 Å². The van der Waals surface area contributed by atoms with E-state index in [1.807, 2.05) is 24.3 Å². The fourth-order valence-electron chi connectivity index (χ4n) is 4.00. The third-order valence-corrected chi connectivity index (χ3v) is 10.3. The van der Waals surface area contributed by atoms with Crippen molar-refractivity contribution in [2.24, 2.45) is 9.85 Å². The number of nitrogens with zero attached hydrogens (tertiary/aromatic N) is 4. The Bertz CT molecular complexity index is 809. The summed E-state index contributed by atoms with van der Waals surface area (Å²) >= 11 is 5.67. The van der Waals surface area contributed by atoms with Crippen molar-refractivity contribution in [3.8, 4) is 5.75 Å². The average Bonchev–Trinajstić information content (AvgIpc) is 2.78. The Kier molecular flexibility index (Phi) is 8.61. The van der Waals surface area contributed by atoms with E-state index in [1.165, 1.54) is 0 Å². The molecule has 2 aliphatic rings. The minimum atomic E-state index is -2.18. The lowest BCUT2D eigenvalue weighted by molar-refractivity contribution is 0.0551. The number of morpholine rings is 2. The van der Waals surface area contributed by atoms with Gasteiger partial charge in [0.1, 0.15) is 13.1 Å². The van der Waals surface area contributed by atoms with E-state index in [9.17, 15) is 0 Å². The van der Waals surface area contributed by atoms with Crippen LogP contribution in [0.25, 0.3) is 0 Å². The summed E-state index contributed by atoms with van der Waals surface area (Å²) in [5.74, 6) is 0.786. The fraction of sp³-hybridized carbons (Fsp3) is 0.619. The van der Waals surface area contributed by atoms with Gasteiger partial charge in [-0.1, -0.05) is 32.9 Å². The van der Waals surface area contributed by atoms with Crippen molar-refractivity contribution in [1.82, 2.24) is 14.8 Å². The Morgan fingerprint density at radius 2 is 1.68 bits per heavy atom. The van der Waals surface area contributed by atoms with Crippen LogP contribution < -0.4 is 10.2 Å². The third-order valence-electron chi connectivity index (χ3n) is 5.36. The molecule has 31 heavy (non-hydrogen) atoms. The summed E-state index contributed by atoms with van der Waals surface area (Å²) in [6, 6.07) is 7.70. The minimum Gasteiger partial charge on any atom is -0.497 e. The molecule has 0 spiro atoms. The molecule has 0 unspecified atom stereocenters. The van der Waals surface area contributed by atoms with Gasteiger partial charge in [-0.3, -0.25) is 14.8 Å². The van der Waals surface area contributed by atoms with Crippen LogP contribution >= 0.6 is 19.6 Å². The van der Waals surface area contributed by atoms with Crippen molar-refractivity contribution in [3.63, 3.8) is 0 Å². The number of hydrazone groups is 1. The quantitative estimate of drug-likeness (QED) is 0.308. The molecule has 2 heterocycles. The van der Waals surface area contributed by atoms with Gasteiger partial charge in [-0.05, 0) is 29.9 Å². The molecule has 1 N–H and O–H groups in total. The molecule has 172 valence electrons. The van der Waals surface area contributed by atoms with Crippen molar-refractivity contribution in [3.05, 3.63) is 29.8 Å². The molecule has 1 aromatic rings. The zero-order valence-corrected chi connectivity index (χ0v) is 20.6. The highest BCUT2D eigenvalue weighted by Crippen LogP contribution is 2.66. The summed E-state index contributed by atoms with van der Waals surface area (Å²) in [6.07, 6.45) is 1.73. The molecular formula is C21H34N5O3PS. The van der Waals surface area contributed by atoms with Gasteiger partial charge >= 0.3 is 0 Å². The zero-order valence-electron chi connectivity index (χ0n) is 18.9. The number of hydrogen-bond acceptors (Lipinski definition) is 5. The van der Waals surface area contributed by atoms with Gasteiger partial charge in [0, 0.05) is 31.3 Å². The van der Waals surface area contributed by atoms with Crippen molar-refractivity contribution in [2.45, 2.75) is 25.9 Å². The van der Waals surface area contributed by atoms with Crippen LogP contribution in [0.3, 0.4) is 0 Å². The maximum Gasteiger partial charge on any atom is 0.214 e. The maximum atomic E-state index is 5.67. The van der Waals surface area contributed by atoms with E-state index in [0.717, 1.165) is 37.5 Å². The van der Waals surface area contributed by atoms with Crippen LogP contribution in [0.5, 0.6) is 5.75 Å². The lowest BCUT2D eigenvalue weighted by Crippen LogP contribution is -2.48. The highest BCUT2D eigenvalue weighted by molar-refractivity contribution is 7.81. The number of thiocarbonyl (C=S) groups is 1. The molecule has 8 nitrogen and oxygen atoms in total. The molecule has 0 amide bonds. The van der Waals surface area contributed by atoms with Crippen LogP contribution in [0.4, 0.5) is 0 Å². The predicted molar refractivity (Wildman–Crippen MR) is 130 cm³/mol. The Balaban J connectivity index is 1.89. The van der Waals surface area contributed by atoms with Gasteiger partial charge in [0.2, 0.25) is 5.11 Å². The fourth-order valence-corrected chi connectivity index (χ4v) is 8.74. The Hall–Kier alpha value is -1.35. The summed E-state index contributed by atoms with van der Waals surface area (Å²) < 4.78 is 26.8. The second kappa shape index (κ2) is 11.0. The summed E-state index contributed by atoms with van der Waals surface area (Å²) in [4.78, 5) is 0. The largest absolute Gasteiger partial charge is 0.497 e. The molecule has 0 bridgehead atoms. The number of ether oxygens (including phenoxy) is 3. The highest BCUT2D eigenvalue weighted by atomic mass is 32.1. The molecule has 3 rings (SSSR count). The first kappa shape index (κ1) is 24.3. The molecule has 2 aliphatic heterocycles. The molecule has 2 saturated heterocycles. The number of benzene rings is 1. The zero-order chi connectivity index (χ0) is 22.3. The lowest BCUT2D eigenvalue weighted by Gasteiger charge is -2.52. The number of methoxy groups -OCH3 is 1. The first-order chi connectivity index (χ1) is 14.9. The molecule has 0 saturated carbocycles. The summed E-state index contributed by atoms with van der Waals surface area (Å²) in [7, 11) is -0.529. The van der Waals surface area contributed by atoms with Crippen molar-refractivity contribution in [2.75, 3.05) is 59.7 Å². The van der Waals surface area contributed by atoms with E-state index in [4.69, 9.17) is 31.2 Å². The molecule has 2 fully saturated rings. The number of rotatable bonds is 5. The second-order valence-electron chi connectivity index (χ2n) is 8.42. The van der Waals surface area contributed by atoms with Crippen LogP contribution in [0, 0.1) is 0 Å². The molecule has 0 aliphatic carbocycles. The van der Waals surface area contributed by atoms with E-state index in [0.29, 0.717) is 31.5 Å². The van der Waals surface area contributed by atoms with Gasteiger partial charge < -0.3 is 14.2 Å². The Labute approximate surface area is 191 Å². The van der Waals surface area contributed by atoms with Crippen LogP contribution in [-0.2, 0) is 9.47 Å². The normalized spacial score (nSPS) is 19.4. The molecule has 0 atom stereocenters. The van der Waals surface area contributed by atoms with Crippen molar-refractivity contribution >= 4 is 30.9 Å². The van der Waals surface area contributed by atoms with Gasteiger partial charge in [-0.15, -0.1) is 0 Å². The smallest absolute Gasteiger partial charge is 0.214 e. The van der Waals surface area contributed by atoms with Gasteiger partial charge in [0.15, 0.2) is 0 Å². The number of hydrogen-bond donors (Lipinski definition) is 1. The molecule has 1 aromatic carbocycles. The molecule has 0 aromatic heterocycles. The molecular weight excluding hydrogens is 433 g/mol. The van der Waals surface area contributed by atoms with Gasteiger partial charge in [0.25, 0.3) is 0 Å². The van der Waals surface area contributed by atoms with Gasteiger partial charge in [0.05, 0.1) is 39.8 Å². The summed E-state index contributed by atoms with van der Waals surface area (Å²) in [5, 5.41) is 4.65. The number of nitrogens with one attached hydrogen (secondary N) is 1. The van der Waals surface area contributed by atoms with E-state index < -0.39 is 7.36 Å². The van der Waals surface area contributed by atoms with E-state index in [2.05, 4.69) is 40.6 Å². The summed E-state index contributed by atoms with van der Waals surface area (Å²) in [5.41, 5.74) is 3.90. The average molecular weight is 468 g/mol. The van der Waals surface area contributed by atoms with Crippen LogP contribution in [0.1, 0.15) is 26.3 Å². The lowest BCUT2D eigenvalue weighted by atomic mass is 10.2. The molecule has 0 radical (unpaired) electrons. The van der Waals surface area contributed by atoms with E-state index >= 15 is 0 Å². The monoisotopic (exact) mass is 467 g/mol. The SMILES string of the molecule is COc1cccc(C=NNC(=S)N=P(N2CCOCC2)(N2CCOCC2)C(C)(C)C)c1. The predicted octanol–water partition coefficient (Wildman–Crippen LogP) is 3.40. The van der Waals surface area contributed by atoms with E-state index in [1.54, 1.807) is 13.3 Å². The van der Waals surface area contributed by atoms with Gasteiger partial charge in [-0.25, -0.2) is 4.74 Å². The van der Waals surface area contributed by atoms with Crippen LogP contribution in [0.15, 0.2) is 34.1 Å². The Morgan fingerprint density at radius 1 is 1.10 bits per heavy atom. The van der Waals surface area contributed by atoms with Crippen molar-refractivity contribution < 1.29 is 14.2 Å². The van der Waals surface area contributed by atoms with Crippen LogP contribution in [-0.4, -0.2) is 85.5 Å². The molecule has 10 heteroatoms. The summed E-state index contributed by atoms with van der Waals surface area (Å²) in [6.45, 7) is 13.0. The first-order valence-electron chi connectivity index (χ1n) is 10.6. The topological polar surface area (TPSA) is 70.9 Å². The van der Waals surface area contributed by atoms with Crippen molar-refractivity contribution in [1.29, 1.82) is 0 Å². The second-order valence-corrected chi connectivity index (χ2v) is 12.6. The third kappa shape index (κ3) is 5.92. The maximum absolute atomic E-state index is 5.67. The minimum absolute atomic E-state index is 0.0933. The first-order valence-corrected chi connectivity index (χ1v) is 12.7.